The number of halogens is 1. The summed E-state index contributed by atoms with van der Waals surface area (Å²) in [5.74, 6) is -0.984. The average Bonchev–Trinajstić information content (AvgIpc) is 3.06. The second-order valence-electron chi connectivity index (χ2n) is 6.31. The third-order valence-corrected chi connectivity index (χ3v) is 4.80. The molecule has 3 rings (SSSR count). The van der Waals surface area contributed by atoms with Gasteiger partial charge in [0.05, 0.1) is 24.9 Å². The molecule has 128 valence electrons. The molecule has 0 aromatic heterocycles. The van der Waals surface area contributed by atoms with Crippen LogP contribution < -0.4 is 5.73 Å². The van der Waals surface area contributed by atoms with Gasteiger partial charge in [-0.2, -0.15) is 0 Å². The van der Waals surface area contributed by atoms with Crippen molar-refractivity contribution in [1.29, 1.82) is 0 Å². The normalized spacial score (nSPS) is 24.0. The van der Waals surface area contributed by atoms with Gasteiger partial charge < -0.3 is 20.3 Å². The predicted molar refractivity (Wildman–Crippen MR) is 84.0 cm³/mol. The van der Waals surface area contributed by atoms with E-state index in [1.54, 1.807) is 18.2 Å². The van der Waals surface area contributed by atoms with Crippen LogP contribution in [0.25, 0.3) is 0 Å². The van der Waals surface area contributed by atoms with Crippen LogP contribution in [-0.2, 0) is 15.4 Å². The summed E-state index contributed by atoms with van der Waals surface area (Å²) in [6, 6.07) is 6.63. The zero-order valence-electron chi connectivity index (χ0n) is 13.3. The smallest absolute Gasteiger partial charge is 0.261 e. The van der Waals surface area contributed by atoms with Crippen molar-refractivity contribution in [3.05, 3.63) is 35.6 Å². The molecule has 0 amide bonds. The van der Waals surface area contributed by atoms with E-state index in [4.69, 9.17) is 15.2 Å². The third-order valence-electron chi connectivity index (χ3n) is 4.80. The fourth-order valence-electron chi connectivity index (χ4n) is 3.57. The zero-order valence-corrected chi connectivity index (χ0v) is 13.3. The Hall–Kier alpha value is -1.05. The molecule has 23 heavy (non-hydrogen) atoms. The SMILES string of the molecule is NCC(O)CC1CCN(C2(c3ccccc3F)OCCO2)CC1. The summed E-state index contributed by atoms with van der Waals surface area (Å²) in [7, 11) is 0. The summed E-state index contributed by atoms with van der Waals surface area (Å²) < 4.78 is 26.1. The highest BCUT2D eigenvalue weighted by molar-refractivity contribution is 5.23. The van der Waals surface area contributed by atoms with Crippen molar-refractivity contribution in [1.82, 2.24) is 4.90 Å². The number of aliphatic hydroxyl groups is 1. The number of hydrogen-bond acceptors (Lipinski definition) is 5. The van der Waals surface area contributed by atoms with E-state index in [1.165, 1.54) is 6.07 Å². The summed E-state index contributed by atoms with van der Waals surface area (Å²) in [5.41, 5.74) is 5.93. The average molecular weight is 324 g/mol. The molecule has 6 heteroatoms. The molecule has 0 aliphatic carbocycles. The van der Waals surface area contributed by atoms with Crippen molar-refractivity contribution < 1.29 is 19.0 Å². The van der Waals surface area contributed by atoms with Crippen molar-refractivity contribution in [3.8, 4) is 0 Å². The minimum Gasteiger partial charge on any atom is -0.392 e. The molecule has 2 heterocycles. The molecule has 5 nitrogen and oxygen atoms in total. The third kappa shape index (κ3) is 3.41. The second-order valence-corrected chi connectivity index (χ2v) is 6.31. The molecule has 0 saturated carbocycles. The number of ether oxygens (including phenoxy) is 2. The van der Waals surface area contributed by atoms with Crippen molar-refractivity contribution in [2.45, 2.75) is 31.3 Å². The lowest BCUT2D eigenvalue weighted by Gasteiger charge is -2.43. The molecule has 2 saturated heterocycles. The molecule has 1 atom stereocenters. The van der Waals surface area contributed by atoms with Crippen LogP contribution in [-0.4, -0.2) is 49.0 Å². The monoisotopic (exact) mass is 324 g/mol. The highest BCUT2D eigenvalue weighted by Crippen LogP contribution is 2.39. The Bertz CT molecular complexity index is 514. The molecule has 0 spiro atoms. The topological polar surface area (TPSA) is 68.0 Å². The number of benzene rings is 1. The van der Waals surface area contributed by atoms with Gasteiger partial charge >= 0.3 is 0 Å². The molecule has 1 aromatic rings. The van der Waals surface area contributed by atoms with Crippen molar-refractivity contribution in [2.75, 3.05) is 32.8 Å². The number of nitrogens with zero attached hydrogens (tertiary/aromatic N) is 1. The lowest BCUT2D eigenvalue weighted by Crippen LogP contribution is -2.51. The fraction of sp³-hybridized carbons (Fsp3) is 0.647. The molecule has 2 fully saturated rings. The summed E-state index contributed by atoms with van der Waals surface area (Å²) in [6.07, 6.45) is 2.12. The van der Waals surface area contributed by atoms with Crippen LogP contribution in [0.3, 0.4) is 0 Å². The summed E-state index contributed by atoms with van der Waals surface area (Å²) in [4.78, 5) is 2.07. The van der Waals surface area contributed by atoms with Gasteiger partial charge in [-0.3, -0.25) is 0 Å². The van der Waals surface area contributed by atoms with E-state index in [9.17, 15) is 9.50 Å². The molecular formula is C17H25FN2O3. The lowest BCUT2D eigenvalue weighted by atomic mass is 9.90. The first-order chi connectivity index (χ1) is 11.2. The van der Waals surface area contributed by atoms with Gasteiger partial charge in [-0.1, -0.05) is 12.1 Å². The van der Waals surface area contributed by atoms with E-state index in [0.717, 1.165) is 32.4 Å². The van der Waals surface area contributed by atoms with E-state index < -0.39 is 12.0 Å². The maximum atomic E-state index is 14.3. The Morgan fingerprint density at radius 1 is 1.26 bits per heavy atom. The Kier molecular flexibility index (Phi) is 5.28. The van der Waals surface area contributed by atoms with E-state index in [1.807, 2.05) is 0 Å². The molecule has 0 bridgehead atoms. The summed E-state index contributed by atoms with van der Waals surface area (Å²) in [5, 5.41) is 9.72. The zero-order chi connectivity index (χ0) is 16.3. The Morgan fingerprint density at radius 2 is 1.91 bits per heavy atom. The van der Waals surface area contributed by atoms with Crippen LogP contribution in [0, 0.1) is 11.7 Å². The molecular weight excluding hydrogens is 299 g/mol. The Labute approximate surface area is 136 Å². The number of aliphatic hydroxyl groups excluding tert-OH is 1. The van der Waals surface area contributed by atoms with Gasteiger partial charge in [-0.05, 0) is 37.3 Å². The lowest BCUT2D eigenvalue weighted by molar-refractivity contribution is -0.276. The van der Waals surface area contributed by atoms with Crippen molar-refractivity contribution >= 4 is 0 Å². The first-order valence-electron chi connectivity index (χ1n) is 8.32. The first-order valence-corrected chi connectivity index (χ1v) is 8.32. The molecule has 3 N–H and O–H groups in total. The highest BCUT2D eigenvalue weighted by atomic mass is 19.1. The fourth-order valence-corrected chi connectivity index (χ4v) is 3.57. The molecule has 2 aliphatic heterocycles. The number of nitrogens with two attached hydrogens (primary N) is 1. The van der Waals surface area contributed by atoms with Crippen LogP contribution >= 0.6 is 0 Å². The largest absolute Gasteiger partial charge is 0.392 e. The molecule has 1 aromatic carbocycles. The molecule has 1 unspecified atom stereocenters. The van der Waals surface area contributed by atoms with E-state index >= 15 is 0 Å². The maximum absolute atomic E-state index is 14.3. The van der Waals surface area contributed by atoms with Crippen molar-refractivity contribution in [2.24, 2.45) is 11.7 Å². The Morgan fingerprint density at radius 3 is 2.52 bits per heavy atom. The van der Waals surface area contributed by atoms with Gasteiger partial charge in [0.15, 0.2) is 0 Å². The maximum Gasteiger partial charge on any atom is 0.261 e. The quantitative estimate of drug-likeness (QED) is 0.857. The van der Waals surface area contributed by atoms with Gasteiger partial charge in [0.1, 0.15) is 5.82 Å². The van der Waals surface area contributed by atoms with Gasteiger partial charge in [0.2, 0.25) is 0 Å². The minimum absolute atomic E-state index is 0.297. The van der Waals surface area contributed by atoms with Crippen LogP contribution in [0.5, 0.6) is 0 Å². The van der Waals surface area contributed by atoms with Crippen LogP contribution in [0.1, 0.15) is 24.8 Å². The predicted octanol–water partition coefficient (Wildman–Crippen LogP) is 1.40. The van der Waals surface area contributed by atoms with Crippen molar-refractivity contribution in [3.63, 3.8) is 0 Å². The number of hydrogen-bond donors (Lipinski definition) is 2. The summed E-state index contributed by atoms with van der Waals surface area (Å²) in [6.45, 7) is 2.71. The number of likely N-dealkylation sites (tertiary alicyclic amines) is 1. The standard InChI is InChI=1S/C17H25FN2O3/c18-16-4-2-1-3-15(16)17(22-9-10-23-17)20-7-5-13(6-8-20)11-14(21)12-19/h1-4,13-14,21H,5-12,19H2. The van der Waals surface area contributed by atoms with Gasteiger partial charge in [-0.25, -0.2) is 9.29 Å². The van der Waals surface area contributed by atoms with Crippen LogP contribution in [0.15, 0.2) is 24.3 Å². The van der Waals surface area contributed by atoms with Gasteiger partial charge in [0.25, 0.3) is 5.91 Å². The summed E-state index contributed by atoms with van der Waals surface area (Å²) >= 11 is 0. The van der Waals surface area contributed by atoms with E-state index in [2.05, 4.69) is 4.90 Å². The van der Waals surface area contributed by atoms with Crippen LogP contribution in [0.4, 0.5) is 4.39 Å². The number of rotatable bonds is 5. The Balaban J connectivity index is 1.73. The van der Waals surface area contributed by atoms with Crippen LogP contribution in [0.2, 0.25) is 0 Å². The second kappa shape index (κ2) is 7.23. The van der Waals surface area contributed by atoms with E-state index in [0.29, 0.717) is 31.2 Å². The highest BCUT2D eigenvalue weighted by Gasteiger charge is 2.47. The molecule has 2 aliphatic rings. The van der Waals surface area contributed by atoms with Gasteiger partial charge in [0, 0.05) is 19.6 Å². The molecule has 0 radical (unpaired) electrons. The van der Waals surface area contributed by atoms with E-state index in [-0.39, 0.29) is 5.82 Å². The number of piperidine rings is 1. The van der Waals surface area contributed by atoms with Gasteiger partial charge in [-0.15, -0.1) is 0 Å². The first kappa shape index (κ1) is 16.8. The minimum atomic E-state index is -1.11.